The van der Waals surface area contributed by atoms with Crippen LogP contribution in [0.2, 0.25) is 0 Å². The van der Waals surface area contributed by atoms with Crippen LogP contribution in [0, 0.1) is 23.2 Å². The van der Waals surface area contributed by atoms with Crippen LogP contribution in [0.1, 0.15) is 98.7 Å². The molecule has 1 spiro atoms. The van der Waals surface area contributed by atoms with Crippen molar-refractivity contribution < 1.29 is 53.0 Å². The van der Waals surface area contributed by atoms with E-state index < -0.39 is 71.7 Å². The first kappa shape index (κ1) is 35.1. The zero-order valence-electron chi connectivity index (χ0n) is 27.7. The molecule has 10 unspecified atom stereocenters. The summed E-state index contributed by atoms with van der Waals surface area (Å²) < 4.78 is 36.2. The maximum absolute atomic E-state index is 13.4. The van der Waals surface area contributed by atoms with Gasteiger partial charge < -0.3 is 38.6 Å². The molecule has 45 heavy (non-hydrogen) atoms. The highest BCUT2D eigenvalue weighted by molar-refractivity contribution is 5.74. The normalized spacial score (nSPS) is 35.4. The van der Waals surface area contributed by atoms with Crippen molar-refractivity contribution in [2.75, 3.05) is 7.11 Å². The van der Waals surface area contributed by atoms with Gasteiger partial charge in [-0.2, -0.15) is 0 Å². The smallest absolute Gasteiger partial charge is 0.311 e. The quantitative estimate of drug-likeness (QED) is 0.295. The third-order valence-corrected chi connectivity index (χ3v) is 10.0. The molecule has 252 valence electrons. The van der Waals surface area contributed by atoms with E-state index in [4.69, 9.17) is 28.4 Å². The Morgan fingerprint density at radius 1 is 1.09 bits per heavy atom. The number of carbonyl (C=O) groups is 3. The fourth-order valence-electron chi connectivity index (χ4n) is 7.30. The number of hydrogen-bond donors (Lipinski definition) is 2. The van der Waals surface area contributed by atoms with Crippen LogP contribution in [0.3, 0.4) is 0 Å². The number of ether oxygens (including phenoxy) is 6. The highest BCUT2D eigenvalue weighted by Gasteiger charge is 2.64. The zero-order valence-corrected chi connectivity index (χ0v) is 27.7. The number of rotatable bonds is 8. The molecule has 3 fully saturated rings. The summed E-state index contributed by atoms with van der Waals surface area (Å²) in [7, 11) is 1.63. The number of phenols is 1. The number of phenolic OH excluding ortho intramolecular Hbond substituents is 1. The molecule has 1 aromatic carbocycles. The fourth-order valence-corrected chi connectivity index (χ4v) is 7.30. The number of cyclic esters (lactones) is 1. The topological polar surface area (TPSA) is 147 Å². The first-order valence-electron chi connectivity index (χ1n) is 16.0. The first-order chi connectivity index (χ1) is 21.0. The van der Waals surface area contributed by atoms with Crippen LogP contribution >= 0.6 is 0 Å². The molecule has 0 radical (unpaired) electrons. The summed E-state index contributed by atoms with van der Waals surface area (Å²) in [4.78, 5) is 38.3. The molecule has 4 rings (SSSR count). The predicted molar refractivity (Wildman–Crippen MR) is 161 cm³/mol. The summed E-state index contributed by atoms with van der Waals surface area (Å²) in [5.74, 6) is -5.87. The van der Waals surface area contributed by atoms with Gasteiger partial charge in [-0.05, 0) is 49.8 Å². The Morgan fingerprint density at radius 2 is 1.80 bits per heavy atom. The molecule has 2 N–H and O–H groups in total. The molecule has 3 saturated heterocycles. The third kappa shape index (κ3) is 7.64. The van der Waals surface area contributed by atoms with E-state index in [0.717, 1.165) is 5.56 Å². The van der Waals surface area contributed by atoms with Crippen molar-refractivity contribution in [2.24, 2.45) is 23.2 Å². The van der Waals surface area contributed by atoms with E-state index in [1.165, 1.54) is 6.92 Å². The van der Waals surface area contributed by atoms with Crippen LogP contribution in [0.15, 0.2) is 24.3 Å². The second-order valence-corrected chi connectivity index (χ2v) is 14.0. The Morgan fingerprint density at radius 3 is 2.44 bits per heavy atom. The van der Waals surface area contributed by atoms with E-state index in [2.05, 4.69) is 6.92 Å². The number of methoxy groups -OCH3 is 1. The molecule has 3 aliphatic rings. The summed E-state index contributed by atoms with van der Waals surface area (Å²) in [6.07, 6.45) is -2.24. The van der Waals surface area contributed by atoms with Crippen LogP contribution in [0.25, 0.3) is 0 Å². The second-order valence-electron chi connectivity index (χ2n) is 14.0. The van der Waals surface area contributed by atoms with Gasteiger partial charge in [-0.1, -0.05) is 46.8 Å². The first-order valence-corrected chi connectivity index (χ1v) is 16.0. The van der Waals surface area contributed by atoms with E-state index in [0.29, 0.717) is 19.3 Å². The Kier molecular flexibility index (Phi) is 10.6. The molecular formula is C34H50O11. The Balaban J connectivity index is 1.66. The van der Waals surface area contributed by atoms with Crippen LogP contribution in [-0.2, 0) is 42.8 Å². The summed E-state index contributed by atoms with van der Waals surface area (Å²) >= 11 is 0. The number of aromatic hydroxyl groups is 1. The van der Waals surface area contributed by atoms with E-state index in [1.54, 1.807) is 32.2 Å². The minimum Gasteiger partial charge on any atom is -0.508 e. The number of aliphatic hydroxyl groups is 1. The number of esters is 3. The molecule has 11 nitrogen and oxygen atoms in total. The minimum atomic E-state index is -1.92. The summed E-state index contributed by atoms with van der Waals surface area (Å²) in [5, 5.41) is 21.9. The monoisotopic (exact) mass is 634 g/mol. The number of benzene rings is 1. The van der Waals surface area contributed by atoms with Gasteiger partial charge in [-0.25, -0.2) is 0 Å². The minimum absolute atomic E-state index is 0.0604. The van der Waals surface area contributed by atoms with Gasteiger partial charge in [0.05, 0.1) is 25.0 Å². The lowest BCUT2D eigenvalue weighted by Gasteiger charge is -2.61. The SMILES string of the molecule is COC(CCC(C)C1OC23CC(OC(=O)CC(C(C)OC(C)=O)OC(=O)CC(O)(O2)C(C)CC3(C)C)C1C)c1cccc(O)c1. The molecule has 0 aliphatic carbocycles. The molecule has 3 aliphatic heterocycles. The number of hydrogen-bond acceptors (Lipinski definition) is 11. The van der Waals surface area contributed by atoms with Crippen LogP contribution in [-0.4, -0.2) is 71.2 Å². The van der Waals surface area contributed by atoms with E-state index >= 15 is 0 Å². The Hall–Kier alpha value is -2.73. The standard InChI is InChI=1S/C34H50O11/c1-19(12-13-26(40-8)24-10-9-11-25(36)14-24)31-21(3)28-17-34(44-31)32(6,7)16-20(2)33(39,45-34)18-30(38)42-27(15-29(37)43-28)22(4)41-23(5)35/h9-11,14,19-22,26-28,31,36,39H,12-13,15-18H2,1-8H3. The van der Waals surface area contributed by atoms with Gasteiger partial charge in [-0.3, -0.25) is 14.4 Å². The Bertz CT molecular complexity index is 1230. The van der Waals surface area contributed by atoms with Gasteiger partial charge in [0.1, 0.15) is 24.1 Å². The maximum atomic E-state index is 13.4. The Labute approximate surface area is 265 Å². The highest BCUT2D eigenvalue weighted by atomic mass is 16.8. The van der Waals surface area contributed by atoms with E-state index in [9.17, 15) is 24.6 Å². The van der Waals surface area contributed by atoms with Gasteiger partial charge in [-0.15, -0.1) is 0 Å². The largest absolute Gasteiger partial charge is 0.508 e. The molecule has 11 heteroatoms. The molecular weight excluding hydrogens is 584 g/mol. The van der Waals surface area contributed by atoms with Crippen LogP contribution in [0.4, 0.5) is 0 Å². The highest BCUT2D eigenvalue weighted by Crippen LogP contribution is 2.57. The zero-order chi connectivity index (χ0) is 33.3. The van der Waals surface area contributed by atoms with Crippen LogP contribution < -0.4 is 0 Å². The molecule has 0 amide bonds. The number of carbonyl (C=O) groups excluding carboxylic acids is 3. The van der Waals surface area contributed by atoms with E-state index in [1.807, 2.05) is 33.8 Å². The van der Waals surface area contributed by atoms with Crippen molar-refractivity contribution in [1.82, 2.24) is 0 Å². The summed E-state index contributed by atoms with van der Waals surface area (Å²) in [6, 6.07) is 6.99. The second kappa shape index (κ2) is 13.6. The van der Waals surface area contributed by atoms with E-state index in [-0.39, 0.29) is 36.5 Å². The average Bonchev–Trinajstić information content (AvgIpc) is 2.92. The molecule has 0 aromatic heterocycles. The summed E-state index contributed by atoms with van der Waals surface area (Å²) in [6.45, 7) is 12.6. The molecule has 0 saturated carbocycles. The summed E-state index contributed by atoms with van der Waals surface area (Å²) in [5.41, 5.74) is 0.235. The lowest BCUT2D eigenvalue weighted by molar-refractivity contribution is -0.452. The van der Waals surface area contributed by atoms with Crippen molar-refractivity contribution in [3.8, 4) is 5.75 Å². The van der Waals surface area contributed by atoms with Gasteiger partial charge >= 0.3 is 17.9 Å². The van der Waals surface area contributed by atoms with Crippen LogP contribution in [0.5, 0.6) is 5.75 Å². The van der Waals surface area contributed by atoms with Gasteiger partial charge in [0.15, 0.2) is 11.6 Å². The average molecular weight is 635 g/mol. The van der Waals surface area contributed by atoms with Crippen molar-refractivity contribution >= 4 is 17.9 Å². The molecule has 1 aromatic rings. The number of fused-ring (bicyclic) bond motifs is 2. The van der Waals surface area contributed by atoms with Crippen molar-refractivity contribution in [2.45, 2.75) is 129 Å². The van der Waals surface area contributed by atoms with Crippen molar-refractivity contribution in [3.63, 3.8) is 0 Å². The van der Waals surface area contributed by atoms with Crippen molar-refractivity contribution in [1.29, 1.82) is 0 Å². The van der Waals surface area contributed by atoms with Crippen molar-refractivity contribution in [3.05, 3.63) is 29.8 Å². The maximum Gasteiger partial charge on any atom is 0.311 e. The van der Waals surface area contributed by atoms with Gasteiger partial charge in [0.25, 0.3) is 0 Å². The lowest BCUT2D eigenvalue weighted by atomic mass is 9.66. The lowest BCUT2D eigenvalue weighted by Crippen LogP contribution is -2.68. The predicted octanol–water partition coefficient (Wildman–Crippen LogP) is 4.96. The fraction of sp³-hybridized carbons (Fsp3) is 0.735. The third-order valence-electron chi connectivity index (χ3n) is 10.0. The molecule has 10 atom stereocenters. The van der Waals surface area contributed by atoms with Gasteiger partial charge in [0, 0.05) is 37.7 Å². The molecule has 3 bridgehead atoms. The molecule has 3 heterocycles. The van der Waals surface area contributed by atoms with Gasteiger partial charge in [0.2, 0.25) is 0 Å².